The summed E-state index contributed by atoms with van der Waals surface area (Å²) < 4.78 is 7.09. The number of hydrogen-bond donors (Lipinski definition) is 2. The molecule has 0 heterocycles. The molecule has 2 aromatic rings. The van der Waals surface area contributed by atoms with Crippen LogP contribution in [0.1, 0.15) is 15.9 Å². The lowest BCUT2D eigenvalue weighted by Gasteiger charge is -2.12. The Labute approximate surface area is 171 Å². The van der Waals surface area contributed by atoms with Crippen LogP contribution in [0, 0.1) is 6.92 Å². The van der Waals surface area contributed by atoms with E-state index in [1.165, 1.54) is 18.2 Å². The van der Waals surface area contributed by atoms with Crippen LogP contribution >= 0.6 is 55.1 Å². The van der Waals surface area contributed by atoms with Crippen molar-refractivity contribution in [3.05, 3.63) is 60.4 Å². The Bertz CT molecular complexity index is 808. The molecule has 25 heavy (non-hydrogen) atoms. The van der Waals surface area contributed by atoms with Gasteiger partial charge in [-0.25, -0.2) is 0 Å². The number of benzene rings is 2. The first kappa shape index (κ1) is 20.0. The Morgan fingerprint density at radius 3 is 2.48 bits per heavy atom. The average molecular weight is 511 g/mol. The van der Waals surface area contributed by atoms with Gasteiger partial charge >= 0.3 is 0 Å². The number of hydrogen-bond acceptors (Lipinski definition) is 3. The molecule has 0 aliphatic rings. The fourth-order valence-corrected chi connectivity index (χ4v) is 3.96. The largest absolute Gasteiger partial charge is 0.482 e. The van der Waals surface area contributed by atoms with E-state index in [1.54, 1.807) is 0 Å². The second kappa shape index (κ2) is 8.89. The molecule has 0 unspecified atom stereocenters. The summed E-state index contributed by atoms with van der Waals surface area (Å²) in [6, 6.07) is 8.11. The summed E-state index contributed by atoms with van der Waals surface area (Å²) >= 11 is 18.5. The molecule has 0 aliphatic carbocycles. The van der Waals surface area contributed by atoms with Gasteiger partial charge < -0.3 is 4.74 Å². The summed E-state index contributed by atoms with van der Waals surface area (Å²) in [5.41, 5.74) is 5.58. The summed E-state index contributed by atoms with van der Waals surface area (Å²) in [5, 5.41) is 0.597. The Hall–Kier alpha value is -1.28. The van der Waals surface area contributed by atoms with Crippen molar-refractivity contribution >= 4 is 66.9 Å². The van der Waals surface area contributed by atoms with Gasteiger partial charge in [-0.2, -0.15) is 0 Å². The van der Waals surface area contributed by atoms with E-state index in [4.69, 9.17) is 27.9 Å². The summed E-state index contributed by atoms with van der Waals surface area (Å²) in [5.74, 6) is -0.533. The Balaban J connectivity index is 1.90. The lowest BCUT2D eigenvalue weighted by molar-refractivity contribution is -0.123. The number of ether oxygens (including phenoxy) is 1. The number of hydrazine groups is 1. The van der Waals surface area contributed by atoms with Crippen molar-refractivity contribution in [2.75, 3.05) is 6.61 Å². The minimum Gasteiger partial charge on any atom is -0.482 e. The lowest BCUT2D eigenvalue weighted by Crippen LogP contribution is -2.44. The lowest BCUT2D eigenvalue weighted by atomic mass is 10.2. The number of carbonyl (C=O) groups excluding carboxylic acids is 2. The highest BCUT2D eigenvalue weighted by molar-refractivity contribution is 9.11. The third-order valence-electron chi connectivity index (χ3n) is 3.03. The molecular formula is C16H12Br2Cl2N2O3. The van der Waals surface area contributed by atoms with E-state index in [0.29, 0.717) is 15.2 Å². The maximum Gasteiger partial charge on any atom is 0.276 e. The van der Waals surface area contributed by atoms with E-state index in [1.807, 2.05) is 19.1 Å². The molecule has 2 aromatic carbocycles. The van der Waals surface area contributed by atoms with Gasteiger partial charge in [0.1, 0.15) is 5.75 Å². The van der Waals surface area contributed by atoms with Gasteiger partial charge in [0.15, 0.2) is 6.61 Å². The van der Waals surface area contributed by atoms with Crippen LogP contribution in [-0.4, -0.2) is 18.4 Å². The summed E-state index contributed by atoms with van der Waals surface area (Å²) in [7, 11) is 0. The van der Waals surface area contributed by atoms with Crippen molar-refractivity contribution in [3.63, 3.8) is 0 Å². The molecule has 5 nitrogen and oxygen atoms in total. The van der Waals surface area contributed by atoms with Gasteiger partial charge in [-0.1, -0.05) is 39.1 Å². The molecule has 9 heteroatoms. The zero-order valence-electron chi connectivity index (χ0n) is 12.8. The molecule has 0 atom stereocenters. The number of halogens is 4. The third-order valence-corrected chi connectivity index (χ3v) is 4.63. The first-order valence-corrected chi connectivity index (χ1v) is 9.25. The van der Waals surface area contributed by atoms with Crippen LogP contribution in [0.4, 0.5) is 0 Å². The van der Waals surface area contributed by atoms with Crippen LogP contribution in [0.2, 0.25) is 10.0 Å². The normalized spacial score (nSPS) is 10.3. The van der Waals surface area contributed by atoms with Gasteiger partial charge in [0.25, 0.3) is 11.8 Å². The maximum absolute atomic E-state index is 12.0. The molecule has 0 radical (unpaired) electrons. The van der Waals surface area contributed by atoms with Crippen LogP contribution < -0.4 is 15.6 Å². The molecule has 0 saturated heterocycles. The maximum atomic E-state index is 12.0. The summed E-state index contributed by atoms with van der Waals surface area (Å²) in [6.45, 7) is 1.59. The predicted octanol–water partition coefficient (Wildman–Crippen LogP) is 4.67. The summed E-state index contributed by atoms with van der Waals surface area (Å²) in [6.07, 6.45) is 0. The number of amides is 2. The monoisotopic (exact) mass is 508 g/mol. The predicted molar refractivity (Wildman–Crippen MR) is 104 cm³/mol. The third kappa shape index (κ3) is 5.60. The highest BCUT2D eigenvalue weighted by Gasteiger charge is 2.13. The van der Waals surface area contributed by atoms with E-state index in [2.05, 4.69) is 42.7 Å². The zero-order chi connectivity index (χ0) is 18.6. The fraction of sp³-hybridized carbons (Fsp3) is 0.125. The molecule has 0 saturated carbocycles. The molecule has 0 spiro atoms. The van der Waals surface area contributed by atoms with Crippen molar-refractivity contribution in [1.82, 2.24) is 10.9 Å². The van der Waals surface area contributed by atoms with Crippen molar-refractivity contribution < 1.29 is 14.3 Å². The van der Waals surface area contributed by atoms with Gasteiger partial charge in [0, 0.05) is 9.50 Å². The van der Waals surface area contributed by atoms with Gasteiger partial charge in [0.2, 0.25) is 0 Å². The molecule has 2 rings (SSSR count). The molecule has 0 fully saturated rings. The first-order chi connectivity index (χ1) is 11.8. The molecule has 2 amide bonds. The van der Waals surface area contributed by atoms with Crippen LogP contribution in [0.3, 0.4) is 0 Å². The van der Waals surface area contributed by atoms with Crippen LogP contribution in [0.15, 0.2) is 39.3 Å². The second-order valence-corrected chi connectivity index (χ2v) is 7.56. The smallest absolute Gasteiger partial charge is 0.276 e. The van der Waals surface area contributed by atoms with Crippen molar-refractivity contribution in [2.24, 2.45) is 0 Å². The van der Waals surface area contributed by atoms with Crippen molar-refractivity contribution in [3.8, 4) is 5.75 Å². The Morgan fingerprint density at radius 2 is 1.84 bits per heavy atom. The highest BCUT2D eigenvalue weighted by atomic mass is 79.9. The number of aryl methyl sites for hydroxylation is 1. The average Bonchev–Trinajstić information content (AvgIpc) is 2.51. The number of rotatable bonds is 4. The minimum absolute atomic E-state index is 0.185. The van der Waals surface area contributed by atoms with E-state index in [0.717, 1.165) is 10.0 Å². The summed E-state index contributed by atoms with van der Waals surface area (Å²) in [4.78, 5) is 23.8. The van der Waals surface area contributed by atoms with E-state index in [-0.39, 0.29) is 17.2 Å². The Morgan fingerprint density at radius 1 is 1.12 bits per heavy atom. The van der Waals surface area contributed by atoms with Gasteiger partial charge in [0.05, 0.1) is 15.1 Å². The van der Waals surface area contributed by atoms with E-state index < -0.39 is 11.8 Å². The fourth-order valence-electron chi connectivity index (χ4n) is 1.91. The second-order valence-electron chi connectivity index (χ2n) is 4.95. The van der Waals surface area contributed by atoms with Crippen molar-refractivity contribution in [2.45, 2.75) is 6.92 Å². The Kier molecular flexibility index (Phi) is 7.13. The molecule has 0 aromatic heterocycles. The first-order valence-electron chi connectivity index (χ1n) is 6.90. The minimum atomic E-state index is -0.559. The van der Waals surface area contributed by atoms with E-state index >= 15 is 0 Å². The van der Waals surface area contributed by atoms with Crippen LogP contribution in [0.25, 0.3) is 0 Å². The van der Waals surface area contributed by atoms with Crippen molar-refractivity contribution in [1.29, 1.82) is 0 Å². The standard InChI is InChI=1S/C16H12Br2Cl2N2O3/c1-8-4-9(17)5-12(18)15(8)25-7-14(23)21-22-16(24)11-3-2-10(19)6-13(11)20/h2-6H,7H2,1H3,(H,21,23)(H,22,24). The molecular weight excluding hydrogens is 499 g/mol. The van der Waals surface area contributed by atoms with Gasteiger partial charge in [-0.15, -0.1) is 0 Å². The topological polar surface area (TPSA) is 67.4 Å². The number of carbonyl (C=O) groups is 2. The molecule has 2 N–H and O–H groups in total. The van der Waals surface area contributed by atoms with Crippen LogP contribution in [-0.2, 0) is 4.79 Å². The molecule has 0 aliphatic heterocycles. The molecule has 0 bridgehead atoms. The molecule has 132 valence electrons. The zero-order valence-corrected chi connectivity index (χ0v) is 17.5. The van der Waals surface area contributed by atoms with Crippen LogP contribution in [0.5, 0.6) is 5.75 Å². The highest BCUT2D eigenvalue weighted by Crippen LogP contribution is 2.32. The quantitative estimate of drug-likeness (QED) is 0.588. The van der Waals surface area contributed by atoms with Gasteiger partial charge in [-0.05, 0) is 58.7 Å². The van der Waals surface area contributed by atoms with Gasteiger partial charge in [-0.3, -0.25) is 20.4 Å². The SMILES string of the molecule is Cc1cc(Br)cc(Br)c1OCC(=O)NNC(=O)c1ccc(Cl)cc1Cl. The number of nitrogens with one attached hydrogen (secondary N) is 2. The van der Waals surface area contributed by atoms with E-state index in [9.17, 15) is 9.59 Å².